The van der Waals surface area contributed by atoms with Crippen molar-refractivity contribution in [2.24, 2.45) is 0 Å². The van der Waals surface area contributed by atoms with E-state index in [-0.39, 0.29) is 22.8 Å². The number of alkyl carbamates (subject to hydrolysis) is 1. The van der Waals surface area contributed by atoms with Gasteiger partial charge in [0, 0.05) is 17.1 Å². The number of carbonyl (C=O) groups excluding carboxylic acids is 1. The lowest BCUT2D eigenvalue weighted by atomic mass is 9.91. The molecule has 0 aliphatic rings. The first-order valence-electron chi connectivity index (χ1n) is 11.3. The van der Waals surface area contributed by atoms with E-state index in [4.69, 9.17) is 13.6 Å². The van der Waals surface area contributed by atoms with Gasteiger partial charge >= 0.3 is 12.1 Å². The first-order chi connectivity index (χ1) is 15.6. The van der Waals surface area contributed by atoms with Crippen molar-refractivity contribution >= 4 is 26.5 Å². The highest BCUT2D eigenvalue weighted by Crippen LogP contribution is 2.38. The van der Waals surface area contributed by atoms with Gasteiger partial charge in [0.2, 0.25) is 0 Å². The van der Waals surface area contributed by atoms with Crippen LogP contribution in [0.2, 0.25) is 18.1 Å². The van der Waals surface area contributed by atoms with Crippen molar-refractivity contribution < 1.29 is 28.3 Å². The van der Waals surface area contributed by atoms with Gasteiger partial charge in [-0.05, 0) is 29.8 Å². The summed E-state index contributed by atoms with van der Waals surface area (Å²) in [6, 6.07) is 10.9. The normalized spacial score (nSPS) is 13.0. The van der Waals surface area contributed by atoms with Crippen molar-refractivity contribution in [3.8, 4) is 0 Å². The van der Waals surface area contributed by atoms with Crippen molar-refractivity contribution in [2.75, 3.05) is 0 Å². The van der Waals surface area contributed by atoms with Crippen LogP contribution < -0.4 is 5.32 Å². The van der Waals surface area contributed by atoms with Crippen LogP contribution >= 0.6 is 0 Å². The molecule has 7 nitrogen and oxygen atoms in total. The molecule has 2 aromatic rings. The summed E-state index contributed by atoms with van der Waals surface area (Å²) in [7, 11) is -1.99. The minimum Gasteiger partial charge on any atom is -0.477 e. The van der Waals surface area contributed by atoms with E-state index in [1.165, 1.54) is 6.08 Å². The molecule has 1 heterocycles. The number of carboxylic acids is 1. The SMILES string of the molecule is CC(C)(C)c1oc(C=C(NC(=O)OCc2ccccc2)C(=O)O)cc1CO[Si](C)(C)C(C)(C)C. The largest absolute Gasteiger partial charge is 0.477 e. The molecule has 0 spiro atoms. The van der Waals surface area contributed by atoms with E-state index in [0.717, 1.165) is 11.1 Å². The average molecular weight is 488 g/mol. The standard InChI is InChI=1S/C26H37NO6Si/c1-25(2,3)22-19(17-32-34(7,8)26(4,5)6)14-20(33-22)15-21(23(28)29)27-24(30)31-16-18-12-10-9-11-13-18/h9-15H,16-17H2,1-8H3,(H,27,30)(H,28,29). The maximum absolute atomic E-state index is 12.2. The van der Waals surface area contributed by atoms with E-state index in [1.807, 2.05) is 51.1 Å². The van der Waals surface area contributed by atoms with E-state index in [0.29, 0.717) is 18.1 Å². The summed E-state index contributed by atoms with van der Waals surface area (Å²) in [5.41, 5.74) is 0.999. The van der Waals surface area contributed by atoms with Gasteiger partial charge in [-0.1, -0.05) is 71.9 Å². The quantitative estimate of drug-likeness (QED) is 0.328. The number of carboxylic acid groups (broad SMARTS) is 1. The van der Waals surface area contributed by atoms with Crippen molar-refractivity contribution in [1.29, 1.82) is 0 Å². The van der Waals surface area contributed by atoms with Crippen molar-refractivity contribution in [3.05, 3.63) is 64.7 Å². The summed E-state index contributed by atoms with van der Waals surface area (Å²) in [6.07, 6.45) is 0.429. The zero-order chi connectivity index (χ0) is 25.7. The highest BCUT2D eigenvalue weighted by atomic mass is 28.4. The topological polar surface area (TPSA) is 98.0 Å². The van der Waals surface area contributed by atoms with E-state index < -0.39 is 20.4 Å². The van der Waals surface area contributed by atoms with Crippen LogP contribution in [0.15, 0.2) is 46.5 Å². The van der Waals surface area contributed by atoms with Crippen LogP contribution in [0.5, 0.6) is 0 Å². The predicted octanol–water partition coefficient (Wildman–Crippen LogP) is 6.45. The lowest BCUT2D eigenvalue weighted by Gasteiger charge is -2.36. The molecule has 186 valence electrons. The molecule has 2 N–H and O–H groups in total. The number of carbonyl (C=O) groups is 2. The number of amides is 1. The zero-order valence-electron chi connectivity index (χ0n) is 21.4. The lowest BCUT2D eigenvalue weighted by Crippen LogP contribution is -2.40. The highest BCUT2D eigenvalue weighted by Gasteiger charge is 2.37. The molecule has 1 amide bonds. The first kappa shape index (κ1) is 27.4. The van der Waals surface area contributed by atoms with E-state index in [1.54, 1.807) is 6.07 Å². The van der Waals surface area contributed by atoms with Gasteiger partial charge < -0.3 is 18.7 Å². The van der Waals surface area contributed by atoms with Gasteiger partial charge in [-0.3, -0.25) is 5.32 Å². The third-order valence-electron chi connectivity index (χ3n) is 5.87. The summed E-state index contributed by atoms with van der Waals surface area (Å²) in [6.45, 7) is 17.3. The van der Waals surface area contributed by atoms with Gasteiger partial charge in [0.1, 0.15) is 23.8 Å². The fourth-order valence-electron chi connectivity index (χ4n) is 2.90. The van der Waals surface area contributed by atoms with E-state index >= 15 is 0 Å². The number of nitrogens with one attached hydrogen (secondary N) is 1. The molecule has 0 saturated heterocycles. The minimum atomic E-state index is -1.99. The minimum absolute atomic E-state index is 0.0312. The lowest BCUT2D eigenvalue weighted by molar-refractivity contribution is -0.132. The molecule has 2 rings (SSSR count). The Morgan fingerprint density at radius 3 is 2.21 bits per heavy atom. The molecule has 8 heteroatoms. The molecular formula is C26H37NO6Si. The third kappa shape index (κ3) is 7.60. The van der Waals surface area contributed by atoms with E-state index in [9.17, 15) is 14.7 Å². The smallest absolute Gasteiger partial charge is 0.412 e. The fourth-order valence-corrected chi connectivity index (χ4v) is 3.85. The van der Waals surface area contributed by atoms with Crippen LogP contribution in [0.1, 0.15) is 64.2 Å². The maximum atomic E-state index is 12.2. The highest BCUT2D eigenvalue weighted by molar-refractivity contribution is 6.74. The second-order valence-corrected chi connectivity index (χ2v) is 15.7. The van der Waals surface area contributed by atoms with Gasteiger partial charge in [0.15, 0.2) is 8.32 Å². The maximum Gasteiger partial charge on any atom is 0.412 e. The Morgan fingerprint density at radius 1 is 1.06 bits per heavy atom. The molecular weight excluding hydrogens is 450 g/mol. The van der Waals surface area contributed by atoms with Crippen LogP contribution in [-0.4, -0.2) is 25.5 Å². The molecule has 0 bridgehead atoms. The molecule has 0 aliphatic heterocycles. The molecule has 0 atom stereocenters. The number of hydrogen-bond donors (Lipinski definition) is 2. The van der Waals surface area contributed by atoms with Crippen LogP contribution in [0.3, 0.4) is 0 Å². The van der Waals surface area contributed by atoms with Gasteiger partial charge in [0.25, 0.3) is 0 Å². The summed E-state index contributed by atoms with van der Waals surface area (Å²) < 4.78 is 17.5. The molecule has 34 heavy (non-hydrogen) atoms. The fraction of sp³-hybridized carbons (Fsp3) is 0.462. The summed E-state index contributed by atoms with van der Waals surface area (Å²) >= 11 is 0. The van der Waals surface area contributed by atoms with Crippen LogP contribution in [0.25, 0.3) is 6.08 Å². The van der Waals surface area contributed by atoms with E-state index in [2.05, 4.69) is 39.2 Å². The van der Waals surface area contributed by atoms with Gasteiger partial charge in [-0.25, -0.2) is 9.59 Å². The van der Waals surface area contributed by atoms with Crippen molar-refractivity contribution in [3.63, 3.8) is 0 Å². The second kappa shape index (κ2) is 10.6. The molecule has 0 radical (unpaired) electrons. The first-order valence-corrected chi connectivity index (χ1v) is 14.2. The Hall–Kier alpha value is -2.84. The molecule has 0 saturated carbocycles. The van der Waals surface area contributed by atoms with Gasteiger partial charge in [-0.2, -0.15) is 0 Å². The van der Waals surface area contributed by atoms with Gasteiger partial charge in [0.05, 0.1) is 6.61 Å². The number of furan rings is 1. The van der Waals surface area contributed by atoms with Gasteiger partial charge in [-0.15, -0.1) is 0 Å². The summed E-state index contributed by atoms with van der Waals surface area (Å²) in [5, 5.41) is 12.0. The Kier molecular flexibility index (Phi) is 8.55. The number of ether oxygens (including phenoxy) is 1. The predicted molar refractivity (Wildman–Crippen MR) is 135 cm³/mol. The number of rotatable bonds is 8. The third-order valence-corrected chi connectivity index (χ3v) is 10.3. The number of hydrogen-bond acceptors (Lipinski definition) is 5. The van der Waals surface area contributed by atoms with Crippen molar-refractivity contribution in [2.45, 2.75) is 78.3 Å². The molecule has 0 aliphatic carbocycles. The number of benzene rings is 1. The molecule has 1 aromatic heterocycles. The zero-order valence-corrected chi connectivity index (χ0v) is 22.4. The van der Waals surface area contributed by atoms with Crippen molar-refractivity contribution in [1.82, 2.24) is 5.32 Å². The molecule has 1 aromatic carbocycles. The average Bonchev–Trinajstić information content (AvgIpc) is 3.13. The Bertz CT molecular complexity index is 1030. The van der Waals surface area contributed by atoms with Crippen LogP contribution in [0, 0.1) is 0 Å². The Morgan fingerprint density at radius 2 is 1.68 bits per heavy atom. The summed E-state index contributed by atoms with van der Waals surface area (Å²) in [4.78, 5) is 23.9. The number of aliphatic carboxylic acids is 1. The molecule has 0 fully saturated rings. The molecule has 0 unspecified atom stereocenters. The second-order valence-electron chi connectivity index (χ2n) is 10.9. The Labute approximate surface area is 203 Å². The van der Waals surface area contributed by atoms with Crippen LogP contribution in [0.4, 0.5) is 4.79 Å². The van der Waals surface area contributed by atoms with Crippen LogP contribution in [-0.2, 0) is 32.6 Å². The summed E-state index contributed by atoms with van der Waals surface area (Å²) in [5.74, 6) is -0.266. The Balaban J connectivity index is 2.22. The monoisotopic (exact) mass is 487 g/mol.